The minimum atomic E-state index is -0.696. The maximum atomic E-state index is 12.3. The second-order valence-electron chi connectivity index (χ2n) is 8.50. The Kier molecular flexibility index (Phi) is 4.91. The SMILES string of the molecule is O=C(COC(=O)/C=C/c1ccccc1[N+](=O)[O-])NC12CC3CC(CC(C3)C1)C2. The minimum Gasteiger partial charge on any atom is -0.452 e. The summed E-state index contributed by atoms with van der Waals surface area (Å²) in [4.78, 5) is 34.7. The number of hydrogen-bond donors (Lipinski definition) is 1. The first kappa shape index (κ1) is 18.7. The number of esters is 1. The first-order valence-electron chi connectivity index (χ1n) is 9.82. The molecule has 0 radical (unpaired) electrons. The minimum absolute atomic E-state index is 0.0916. The number of hydrogen-bond acceptors (Lipinski definition) is 5. The fourth-order valence-electron chi connectivity index (χ4n) is 5.73. The van der Waals surface area contributed by atoms with Crippen molar-refractivity contribution < 1.29 is 19.2 Å². The summed E-state index contributed by atoms with van der Waals surface area (Å²) in [5.41, 5.74) is 0.104. The first-order valence-corrected chi connectivity index (χ1v) is 9.82. The Balaban J connectivity index is 1.29. The van der Waals surface area contributed by atoms with E-state index in [1.54, 1.807) is 18.2 Å². The molecule has 0 heterocycles. The maximum Gasteiger partial charge on any atom is 0.331 e. The van der Waals surface area contributed by atoms with Gasteiger partial charge in [0.25, 0.3) is 11.6 Å². The predicted molar refractivity (Wildman–Crippen MR) is 102 cm³/mol. The summed E-state index contributed by atoms with van der Waals surface area (Å²) in [7, 11) is 0. The number of rotatable bonds is 6. The molecule has 4 saturated carbocycles. The molecule has 1 N–H and O–H groups in total. The number of benzene rings is 1. The van der Waals surface area contributed by atoms with Crippen LogP contribution in [-0.4, -0.2) is 28.9 Å². The molecule has 5 rings (SSSR count). The maximum absolute atomic E-state index is 12.3. The average Bonchev–Trinajstić information content (AvgIpc) is 2.63. The first-order chi connectivity index (χ1) is 13.4. The number of nitro groups is 1. The summed E-state index contributed by atoms with van der Waals surface area (Å²) in [6.45, 7) is -0.332. The second-order valence-corrected chi connectivity index (χ2v) is 8.50. The fourth-order valence-corrected chi connectivity index (χ4v) is 5.73. The van der Waals surface area contributed by atoms with Gasteiger partial charge < -0.3 is 10.1 Å². The molecular weight excluding hydrogens is 360 g/mol. The Morgan fingerprint density at radius 1 is 1.14 bits per heavy atom. The number of carbonyl (C=O) groups is 2. The highest BCUT2D eigenvalue weighted by Crippen LogP contribution is 2.55. The van der Waals surface area contributed by atoms with Crippen LogP contribution in [0.4, 0.5) is 5.69 Å². The largest absolute Gasteiger partial charge is 0.452 e. The monoisotopic (exact) mass is 384 g/mol. The van der Waals surface area contributed by atoms with E-state index in [0.29, 0.717) is 5.56 Å². The zero-order chi connectivity index (χ0) is 19.7. The second kappa shape index (κ2) is 7.37. The lowest BCUT2D eigenvalue weighted by Gasteiger charge is -2.56. The smallest absolute Gasteiger partial charge is 0.331 e. The van der Waals surface area contributed by atoms with E-state index >= 15 is 0 Å². The highest BCUT2D eigenvalue weighted by Gasteiger charge is 2.51. The molecule has 148 valence electrons. The molecule has 1 amide bonds. The van der Waals surface area contributed by atoms with Crippen molar-refractivity contribution in [2.24, 2.45) is 17.8 Å². The molecule has 0 spiro atoms. The van der Waals surface area contributed by atoms with Crippen LogP contribution in [0, 0.1) is 27.9 Å². The Morgan fingerprint density at radius 3 is 2.36 bits per heavy atom. The Morgan fingerprint density at radius 2 is 1.75 bits per heavy atom. The normalized spacial score (nSPS) is 30.4. The van der Waals surface area contributed by atoms with Crippen LogP contribution in [0.2, 0.25) is 0 Å². The number of ether oxygens (including phenoxy) is 1. The van der Waals surface area contributed by atoms with Gasteiger partial charge in [0.1, 0.15) is 0 Å². The molecular formula is C21H24N2O5. The third-order valence-electron chi connectivity index (χ3n) is 6.32. The summed E-state index contributed by atoms with van der Waals surface area (Å²) in [6.07, 6.45) is 9.43. The number of carbonyl (C=O) groups excluding carboxylic acids is 2. The quantitative estimate of drug-likeness (QED) is 0.351. The van der Waals surface area contributed by atoms with Gasteiger partial charge in [0.15, 0.2) is 6.61 Å². The van der Waals surface area contributed by atoms with Crippen molar-refractivity contribution in [1.29, 1.82) is 0 Å². The van der Waals surface area contributed by atoms with Crippen LogP contribution in [-0.2, 0) is 14.3 Å². The summed E-state index contributed by atoms with van der Waals surface area (Å²) in [6, 6.07) is 6.12. The third-order valence-corrected chi connectivity index (χ3v) is 6.32. The van der Waals surface area contributed by atoms with E-state index in [1.807, 2.05) is 0 Å². The van der Waals surface area contributed by atoms with E-state index in [4.69, 9.17) is 4.74 Å². The molecule has 7 nitrogen and oxygen atoms in total. The number of nitrogens with zero attached hydrogens (tertiary/aromatic N) is 1. The van der Waals surface area contributed by atoms with Gasteiger partial charge in [0.05, 0.1) is 10.5 Å². The molecule has 1 aromatic rings. The zero-order valence-electron chi connectivity index (χ0n) is 15.6. The fraction of sp³-hybridized carbons (Fsp3) is 0.524. The molecule has 0 unspecified atom stereocenters. The van der Waals surface area contributed by atoms with Gasteiger partial charge in [-0.05, 0) is 68.4 Å². The van der Waals surface area contributed by atoms with Crippen molar-refractivity contribution >= 4 is 23.6 Å². The van der Waals surface area contributed by atoms with Crippen LogP contribution in [0.5, 0.6) is 0 Å². The van der Waals surface area contributed by atoms with E-state index in [0.717, 1.165) is 43.1 Å². The Hall–Kier alpha value is -2.70. The van der Waals surface area contributed by atoms with E-state index < -0.39 is 10.9 Å². The van der Waals surface area contributed by atoms with Gasteiger partial charge in [-0.1, -0.05) is 12.1 Å². The van der Waals surface area contributed by atoms with Crippen molar-refractivity contribution in [1.82, 2.24) is 5.32 Å². The van der Waals surface area contributed by atoms with E-state index in [1.165, 1.54) is 31.4 Å². The van der Waals surface area contributed by atoms with E-state index in [2.05, 4.69) is 5.32 Å². The van der Waals surface area contributed by atoms with Crippen molar-refractivity contribution in [3.05, 3.63) is 46.0 Å². The van der Waals surface area contributed by atoms with Crippen LogP contribution >= 0.6 is 0 Å². The molecule has 4 aliphatic carbocycles. The van der Waals surface area contributed by atoms with Gasteiger partial charge in [-0.2, -0.15) is 0 Å². The van der Waals surface area contributed by atoms with Crippen LogP contribution in [0.3, 0.4) is 0 Å². The van der Waals surface area contributed by atoms with Crippen molar-refractivity contribution in [2.45, 2.75) is 44.1 Å². The molecule has 4 bridgehead atoms. The number of nitro benzene ring substituents is 1. The molecule has 1 aromatic carbocycles. The van der Waals surface area contributed by atoms with Crippen molar-refractivity contribution in [2.75, 3.05) is 6.61 Å². The molecule has 0 atom stereocenters. The molecule has 4 fully saturated rings. The molecule has 7 heteroatoms. The summed E-state index contributed by atoms with van der Waals surface area (Å²) in [5.74, 6) is 1.20. The lowest BCUT2D eigenvalue weighted by molar-refractivity contribution is -0.385. The Bertz CT molecular complexity index is 797. The van der Waals surface area contributed by atoms with E-state index in [-0.39, 0.29) is 23.7 Å². The average molecular weight is 384 g/mol. The van der Waals surface area contributed by atoms with Crippen molar-refractivity contribution in [3.8, 4) is 0 Å². The molecule has 28 heavy (non-hydrogen) atoms. The number of nitrogens with one attached hydrogen (secondary N) is 1. The van der Waals surface area contributed by atoms with Crippen LogP contribution < -0.4 is 5.32 Å². The highest BCUT2D eigenvalue weighted by atomic mass is 16.6. The number of amides is 1. The van der Waals surface area contributed by atoms with Crippen LogP contribution in [0.15, 0.2) is 30.3 Å². The third kappa shape index (κ3) is 3.93. The van der Waals surface area contributed by atoms with Crippen molar-refractivity contribution in [3.63, 3.8) is 0 Å². The van der Waals surface area contributed by atoms with Gasteiger partial charge in [0, 0.05) is 17.7 Å². The topological polar surface area (TPSA) is 98.5 Å². The summed E-state index contributed by atoms with van der Waals surface area (Å²) in [5, 5.41) is 14.1. The van der Waals surface area contributed by atoms with Gasteiger partial charge in [-0.3, -0.25) is 14.9 Å². The van der Waals surface area contributed by atoms with Crippen LogP contribution in [0.25, 0.3) is 6.08 Å². The zero-order valence-corrected chi connectivity index (χ0v) is 15.6. The Labute approximate surface area is 163 Å². The molecule has 0 aliphatic heterocycles. The highest BCUT2D eigenvalue weighted by molar-refractivity contribution is 5.90. The standard InChI is InChI=1S/C21H24N2O5/c24-19(22-21-10-14-7-15(11-21)9-16(8-14)12-21)13-28-20(25)6-5-17-3-1-2-4-18(17)23(26)27/h1-6,14-16H,7-13H2,(H,22,24)/b6-5+. The molecule has 4 aliphatic rings. The predicted octanol–water partition coefficient (Wildman–Crippen LogP) is 3.24. The number of para-hydroxylation sites is 1. The molecule has 0 aromatic heterocycles. The van der Waals surface area contributed by atoms with Gasteiger partial charge in [0.2, 0.25) is 0 Å². The summed E-state index contributed by atoms with van der Waals surface area (Å²) < 4.78 is 5.03. The van der Waals surface area contributed by atoms with Gasteiger partial charge in [-0.25, -0.2) is 4.79 Å². The molecule has 0 saturated heterocycles. The van der Waals surface area contributed by atoms with Gasteiger partial charge in [-0.15, -0.1) is 0 Å². The van der Waals surface area contributed by atoms with E-state index in [9.17, 15) is 19.7 Å². The lowest BCUT2D eigenvalue weighted by atomic mass is 9.53. The summed E-state index contributed by atoms with van der Waals surface area (Å²) >= 11 is 0. The van der Waals surface area contributed by atoms with Gasteiger partial charge >= 0.3 is 5.97 Å². The lowest BCUT2D eigenvalue weighted by Crippen LogP contribution is -2.60. The van der Waals surface area contributed by atoms with Crippen LogP contribution in [0.1, 0.15) is 44.1 Å².